The van der Waals surface area contributed by atoms with Crippen molar-refractivity contribution < 1.29 is 26.3 Å². The first-order valence-electron chi connectivity index (χ1n) is 9.73. The third kappa shape index (κ3) is 4.52. The Morgan fingerprint density at radius 1 is 0.788 bits per heavy atom. The Bertz CT molecular complexity index is 1320. The Labute approximate surface area is 189 Å². The van der Waals surface area contributed by atoms with Gasteiger partial charge in [0.25, 0.3) is 0 Å². The van der Waals surface area contributed by atoms with E-state index in [1.54, 1.807) is 0 Å². The summed E-state index contributed by atoms with van der Waals surface area (Å²) >= 11 is 1.37. The number of rotatable bonds is 3. The Kier molecular flexibility index (Phi) is 5.60. The predicted molar refractivity (Wildman–Crippen MR) is 117 cm³/mol. The van der Waals surface area contributed by atoms with Gasteiger partial charge < -0.3 is 5.32 Å². The van der Waals surface area contributed by atoms with Crippen LogP contribution < -0.4 is 5.32 Å². The van der Waals surface area contributed by atoms with Crippen LogP contribution in [0.4, 0.5) is 37.8 Å². The lowest BCUT2D eigenvalue weighted by Crippen LogP contribution is -2.11. The minimum Gasteiger partial charge on any atom is -0.340 e. The fourth-order valence-electron chi connectivity index (χ4n) is 3.55. The number of fused-ring (bicyclic) bond motifs is 1. The van der Waals surface area contributed by atoms with Crippen LogP contribution >= 0.6 is 11.3 Å². The van der Waals surface area contributed by atoms with Crippen LogP contribution in [0.3, 0.4) is 0 Å². The van der Waals surface area contributed by atoms with Crippen LogP contribution in [0.15, 0.2) is 42.7 Å². The first-order chi connectivity index (χ1) is 15.3. The van der Waals surface area contributed by atoms with E-state index in [0.717, 1.165) is 27.1 Å². The lowest BCUT2D eigenvalue weighted by atomic mass is 9.99. The zero-order valence-electron chi connectivity index (χ0n) is 17.6. The van der Waals surface area contributed by atoms with E-state index in [9.17, 15) is 26.3 Å². The highest BCUT2D eigenvalue weighted by Crippen LogP contribution is 2.43. The van der Waals surface area contributed by atoms with Gasteiger partial charge in [-0.15, -0.1) is 11.3 Å². The van der Waals surface area contributed by atoms with Crippen molar-refractivity contribution >= 4 is 33.1 Å². The molecule has 0 fully saturated rings. The number of nitrogens with zero attached hydrogens (tertiary/aromatic N) is 2. The van der Waals surface area contributed by atoms with Gasteiger partial charge in [-0.2, -0.15) is 26.3 Å². The molecule has 0 aliphatic rings. The summed E-state index contributed by atoms with van der Waals surface area (Å²) in [6.07, 6.45) is -8.66. The number of aromatic nitrogens is 2. The molecule has 0 spiro atoms. The average Bonchev–Trinajstić information content (AvgIpc) is 3.05. The quantitative estimate of drug-likeness (QED) is 0.301. The van der Waals surface area contributed by atoms with Crippen LogP contribution in [0.25, 0.3) is 21.3 Å². The molecule has 0 radical (unpaired) electrons. The van der Waals surface area contributed by atoms with Gasteiger partial charge in [0.05, 0.1) is 16.5 Å². The summed E-state index contributed by atoms with van der Waals surface area (Å²) < 4.78 is 79.6. The maximum Gasteiger partial charge on any atom is 0.416 e. The number of aryl methyl sites for hydroxylation is 3. The van der Waals surface area contributed by atoms with Gasteiger partial charge in [-0.05, 0) is 55.7 Å². The molecule has 0 aliphatic carbocycles. The molecule has 2 heterocycles. The summed E-state index contributed by atoms with van der Waals surface area (Å²) in [5.41, 5.74) is 0.609. The molecule has 3 nitrogen and oxygen atoms in total. The molecule has 0 atom stereocenters. The molecule has 10 heteroatoms. The Morgan fingerprint density at radius 2 is 1.42 bits per heavy atom. The molecule has 33 heavy (non-hydrogen) atoms. The highest BCUT2D eigenvalue weighted by molar-refractivity contribution is 7.19. The van der Waals surface area contributed by atoms with Crippen molar-refractivity contribution in [3.63, 3.8) is 0 Å². The highest BCUT2D eigenvalue weighted by Gasteiger charge is 2.37. The maximum absolute atomic E-state index is 13.3. The fraction of sp³-hybridized carbons (Fsp3) is 0.217. The van der Waals surface area contributed by atoms with Crippen molar-refractivity contribution in [1.82, 2.24) is 9.97 Å². The van der Waals surface area contributed by atoms with Crippen LogP contribution in [-0.2, 0) is 12.4 Å². The van der Waals surface area contributed by atoms with Crippen molar-refractivity contribution in [2.75, 3.05) is 5.32 Å². The van der Waals surface area contributed by atoms with Crippen LogP contribution in [0, 0.1) is 20.8 Å². The van der Waals surface area contributed by atoms with E-state index in [-0.39, 0.29) is 17.6 Å². The first-order valence-corrected chi connectivity index (χ1v) is 10.5. The van der Waals surface area contributed by atoms with E-state index in [4.69, 9.17) is 0 Å². The second-order valence-corrected chi connectivity index (χ2v) is 8.86. The molecule has 0 unspecified atom stereocenters. The van der Waals surface area contributed by atoms with Crippen molar-refractivity contribution in [2.24, 2.45) is 0 Å². The van der Waals surface area contributed by atoms with Crippen LogP contribution in [-0.4, -0.2) is 9.97 Å². The summed E-state index contributed by atoms with van der Waals surface area (Å²) in [5, 5.41) is 3.21. The second-order valence-electron chi connectivity index (χ2n) is 7.65. The zero-order valence-corrected chi connectivity index (χ0v) is 18.4. The molecule has 4 rings (SSSR count). The van der Waals surface area contributed by atoms with E-state index in [1.807, 2.05) is 39.0 Å². The summed E-state index contributed by atoms with van der Waals surface area (Å²) in [6, 6.07) is 7.21. The fourth-order valence-corrected chi connectivity index (χ4v) is 4.56. The molecule has 4 aromatic rings. The molecule has 0 saturated carbocycles. The van der Waals surface area contributed by atoms with E-state index in [2.05, 4.69) is 15.3 Å². The van der Waals surface area contributed by atoms with E-state index in [1.165, 1.54) is 17.7 Å². The molecule has 2 aromatic heterocycles. The first kappa shape index (κ1) is 23.0. The summed E-state index contributed by atoms with van der Waals surface area (Å²) in [6.45, 7) is 5.81. The maximum atomic E-state index is 13.3. The normalized spacial score (nSPS) is 12.4. The van der Waals surface area contributed by atoms with Gasteiger partial charge in [-0.3, -0.25) is 0 Å². The summed E-state index contributed by atoms with van der Waals surface area (Å²) in [7, 11) is 0. The van der Waals surface area contributed by atoms with E-state index >= 15 is 0 Å². The topological polar surface area (TPSA) is 37.8 Å². The Morgan fingerprint density at radius 3 is 2.00 bits per heavy atom. The lowest BCUT2D eigenvalue weighted by molar-refractivity contribution is -0.143. The van der Waals surface area contributed by atoms with E-state index in [0.29, 0.717) is 22.3 Å². The van der Waals surface area contributed by atoms with Crippen LogP contribution in [0.2, 0.25) is 0 Å². The van der Waals surface area contributed by atoms with Crippen molar-refractivity contribution in [3.8, 4) is 11.1 Å². The summed E-state index contributed by atoms with van der Waals surface area (Å²) in [4.78, 5) is 9.87. The SMILES string of the molecule is Cc1ccc(-c2c(C)sc3ncnc(Nc4cc(C(F)(F)F)cc(C(F)(F)F)c4)c23)cc1C. The van der Waals surface area contributed by atoms with Crippen LogP contribution in [0.5, 0.6) is 0 Å². The number of alkyl halides is 6. The Balaban J connectivity index is 1.89. The minimum absolute atomic E-state index is 0.0932. The molecule has 1 N–H and O–H groups in total. The summed E-state index contributed by atoms with van der Waals surface area (Å²) in [5.74, 6) is 0.130. The number of thiophene rings is 1. The minimum atomic E-state index is -4.94. The monoisotopic (exact) mass is 481 g/mol. The smallest absolute Gasteiger partial charge is 0.340 e. The molecule has 0 aliphatic heterocycles. The largest absolute Gasteiger partial charge is 0.416 e. The Hall–Kier alpha value is -3.14. The molecular formula is C23H17F6N3S. The van der Waals surface area contributed by atoms with Gasteiger partial charge in [0.15, 0.2) is 0 Å². The molecule has 172 valence electrons. The average molecular weight is 481 g/mol. The van der Waals surface area contributed by atoms with Gasteiger partial charge in [0.2, 0.25) is 0 Å². The number of halogens is 6. The van der Waals surface area contributed by atoms with Crippen molar-refractivity contribution in [1.29, 1.82) is 0 Å². The predicted octanol–water partition coefficient (Wildman–Crippen LogP) is 8.06. The van der Waals surface area contributed by atoms with Crippen molar-refractivity contribution in [2.45, 2.75) is 33.1 Å². The van der Waals surface area contributed by atoms with Crippen molar-refractivity contribution in [3.05, 3.63) is 69.9 Å². The van der Waals surface area contributed by atoms with Gasteiger partial charge in [0, 0.05) is 16.1 Å². The van der Waals surface area contributed by atoms with Gasteiger partial charge in [0.1, 0.15) is 17.0 Å². The third-order valence-electron chi connectivity index (χ3n) is 5.31. The third-order valence-corrected chi connectivity index (χ3v) is 6.32. The zero-order chi connectivity index (χ0) is 24.1. The molecule has 0 amide bonds. The van der Waals surface area contributed by atoms with E-state index < -0.39 is 23.5 Å². The molecule has 0 saturated heterocycles. The standard InChI is InChI=1S/C23H17F6N3S/c1-11-4-5-14(6-12(11)2)18-13(3)33-21-19(18)20(30-10-31-21)32-17-8-15(22(24,25)26)7-16(9-17)23(27,28)29/h4-10H,1-3H3,(H,30,31,32). The molecule has 0 bridgehead atoms. The van der Waals surface area contributed by atoms with Crippen LogP contribution in [0.1, 0.15) is 27.1 Å². The number of benzene rings is 2. The number of anilines is 2. The van der Waals surface area contributed by atoms with Gasteiger partial charge >= 0.3 is 12.4 Å². The van der Waals surface area contributed by atoms with Gasteiger partial charge in [-0.25, -0.2) is 9.97 Å². The second kappa shape index (κ2) is 8.02. The van der Waals surface area contributed by atoms with Gasteiger partial charge in [-0.1, -0.05) is 18.2 Å². The number of nitrogens with one attached hydrogen (secondary N) is 1. The molecular weight excluding hydrogens is 464 g/mol. The molecule has 2 aromatic carbocycles. The lowest BCUT2D eigenvalue weighted by Gasteiger charge is -2.15. The number of hydrogen-bond donors (Lipinski definition) is 1. The number of hydrogen-bond acceptors (Lipinski definition) is 4. The highest BCUT2D eigenvalue weighted by atomic mass is 32.1.